The lowest BCUT2D eigenvalue weighted by Crippen LogP contribution is -2.03. The Morgan fingerprint density at radius 2 is 2.04 bits per heavy atom. The van der Waals surface area contributed by atoms with E-state index in [-0.39, 0.29) is 11.5 Å². The molecular weight excluding hydrogens is 320 g/mol. The van der Waals surface area contributed by atoms with Gasteiger partial charge in [-0.15, -0.1) is 0 Å². The molecule has 0 saturated heterocycles. The van der Waals surface area contributed by atoms with Crippen molar-refractivity contribution in [3.8, 4) is 11.4 Å². The molecule has 0 radical (unpaired) electrons. The van der Waals surface area contributed by atoms with Gasteiger partial charge in [0.15, 0.2) is 0 Å². The molecule has 1 aliphatic rings. The van der Waals surface area contributed by atoms with Crippen LogP contribution in [0.2, 0.25) is 0 Å². The van der Waals surface area contributed by atoms with Crippen molar-refractivity contribution >= 4 is 11.6 Å². The molecule has 1 amide bonds. The number of amides is 1. The van der Waals surface area contributed by atoms with Gasteiger partial charge in [-0.3, -0.25) is 9.59 Å². The zero-order valence-electron chi connectivity index (χ0n) is 13.4. The zero-order chi connectivity index (χ0) is 17.2. The average molecular weight is 336 g/mol. The summed E-state index contributed by atoms with van der Waals surface area (Å²) in [6.45, 7) is 0. The van der Waals surface area contributed by atoms with Crippen LogP contribution in [0.5, 0.6) is 0 Å². The maximum absolute atomic E-state index is 11.4. The Kier molecular flexibility index (Phi) is 3.89. The molecule has 0 bridgehead atoms. The number of fused-ring (bicyclic) bond motifs is 1. The highest BCUT2D eigenvalue weighted by atomic mass is 16.5. The summed E-state index contributed by atoms with van der Waals surface area (Å²) in [4.78, 5) is 29.6. The van der Waals surface area contributed by atoms with E-state index in [0.29, 0.717) is 30.1 Å². The van der Waals surface area contributed by atoms with Crippen molar-refractivity contribution in [1.82, 2.24) is 15.1 Å². The normalized spacial score (nSPS) is 12.9. The van der Waals surface area contributed by atoms with E-state index in [2.05, 4.69) is 26.5 Å². The molecule has 0 saturated carbocycles. The first-order valence-electron chi connectivity index (χ1n) is 8.11. The van der Waals surface area contributed by atoms with Crippen molar-refractivity contribution in [2.75, 3.05) is 5.32 Å². The highest BCUT2D eigenvalue weighted by Crippen LogP contribution is 2.24. The minimum absolute atomic E-state index is 0.0466. The van der Waals surface area contributed by atoms with Crippen molar-refractivity contribution in [1.29, 1.82) is 0 Å². The smallest absolute Gasteiger partial charge is 0.248 e. The number of pyridine rings is 1. The lowest BCUT2D eigenvalue weighted by Gasteiger charge is -2.03. The fourth-order valence-electron chi connectivity index (χ4n) is 2.94. The molecule has 126 valence electrons. The van der Waals surface area contributed by atoms with Gasteiger partial charge in [0.1, 0.15) is 0 Å². The number of carbonyl (C=O) groups excluding carboxylic acids is 1. The highest BCUT2D eigenvalue weighted by Gasteiger charge is 2.17. The van der Waals surface area contributed by atoms with Crippen LogP contribution >= 0.6 is 0 Å². The summed E-state index contributed by atoms with van der Waals surface area (Å²) >= 11 is 0. The molecule has 0 unspecified atom stereocenters. The largest absolute Gasteiger partial charge is 0.339 e. The molecule has 1 aromatic carbocycles. The lowest BCUT2D eigenvalue weighted by molar-refractivity contribution is -0.115. The second-order valence-corrected chi connectivity index (χ2v) is 6.02. The topological polar surface area (TPSA) is 101 Å². The first kappa shape index (κ1) is 15.3. The van der Waals surface area contributed by atoms with E-state index in [9.17, 15) is 9.59 Å². The monoisotopic (exact) mass is 336 g/mol. The van der Waals surface area contributed by atoms with E-state index < -0.39 is 0 Å². The molecule has 3 heterocycles. The molecule has 0 spiro atoms. The molecule has 2 N–H and O–H groups in total. The number of carbonyl (C=O) groups is 1. The Balaban J connectivity index is 1.37. The standard InChI is InChI=1S/C18H16N4O3/c23-15-9-12(6-7-19-15)18-21-17(25-22-18)3-1-2-11-4-5-14-13(8-11)10-16(24)20-14/h4-9H,1-3,10H2,(H,19,23)(H,20,24). The van der Waals surface area contributed by atoms with Gasteiger partial charge in [0.05, 0.1) is 6.42 Å². The molecular formula is C18H16N4O3. The molecule has 25 heavy (non-hydrogen) atoms. The summed E-state index contributed by atoms with van der Waals surface area (Å²) in [5, 5.41) is 6.76. The van der Waals surface area contributed by atoms with Crippen molar-refractivity contribution in [3.63, 3.8) is 0 Å². The fraction of sp³-hybridized carbons (Fsp3) is 0.222. The Hall–Kier alpha value is -3.22. The minimum Gasteiger partial charge on any atom is -0.339 e. The third-order valence-corrected chi connectivity index (χ3v) is 4.15. The summed E-state index contributed by atoms with van der Waals surface area (Å²) in [5.74, 6) is 1.02. The lowest BCUT2D eigenvalue weighted by atomic mass is 10.0. The van der Waals surface area contributed by atoms with Crippen molar-refractivity contribution in [3.05, 3.63) is 63.9 Å². The minimum atomic E-state index is -0.201. The Morgan fingerprint density at radius 1 is 1.12 bits per heavy atom. The van der Waals surface area contributed by atoms with Crippen molar-refractivity contribution in [2.24, 2.45) is 0 Å². The van der Waals surface area contributed by atoms with E-state index in [1.807, 2.05) is 12.1 Å². The molecule has 3 aromatic rings. The van der Waals surface area contributed by atoms with Crippen LogP contribution in [0.15, 0.2) is 45.8 Å². The van der Waals surface area contributed by atoms with E-state index in [0.717, 1.165) is 24.1 Å². The van der Waals surface area contributed by atoms with Crippen LogP contribution in [0.4, 0.5) is 5.69 Å². The second-order valence-electron chi connectivity index (χ2n) is 6.02. The van der Waals surface area contributed by atoms with Gasteiger partial charge in [-0.1, -0.05) is 17.3 Å². The van der Waals surface area contributed by atoms with Crippen LogP contribution in [-0.4, -0.2) is 21.0 Å². The fourth-order valence-corrected chi connectivity index (χ4v) is 2.94. The van der Waals surface area contributed by atoms with Crippen LogP contribution in [0.1, 0.15) is 23.4 Å². The van der Waals surface area contributed by atoms with Crippen LogP contribution < -0.4 is 10.9 Å². The predicted octanol–water partition coefficient (Wildman–Crippen LogP) is 2.09. The van der Waals surface area contributed by atoms with Crippen LogP contribution in [0.3, 0.4) is 0 Å². The third-order valence-electron chi connectivity index (χ3n) is 4.15. The van der Waals surface area contributed by atoms with E-state index in [1.54, 1.807) is 12.3 Å². The number of hydrogen-bond acceptors (Lipinski definition) is 5. The van der Waals surface area contributed by atoms with Crippen LogP contribution in [-0.2, 0) is 24.1 Å². The van der Waals surface area contributed by atoms with Gasteiger partial charge in [0, 0.05) is 29.9 Å². The zero-order valence-corrected chi connectivity index (χ0v) is 13.4. The number of hydrogen-bond donors (Lipinski definition) is 2. The molecule has 0 aliphatic carbocycles. The van der Waals surface area contributed by atoms with E-state index in [1.165, 1.54) is 11.6 Å². The molecule has 0 fully saturated rings. The summed E-state index contributed by atoms with van der Waals surface area (Å²) in [6.07, 6.45) is 4.39. The van der Waals surface area contributed by atoms with Gasteiger partial charge in [-0.2, -0.15) is 4.98 Å². The quantitative estimate of drug-likeness (QED) is 0.743. The number of benzene rings is 1. The summed E-state index contributed by atoms with van der Waals surface area (Å²) in [6, 6.07) is 9.22. The molecule has 1 aliphatic heterocycles. The summed E-state index contributed by atoms with van der Waals surface area (Å²) in [7, 11) is 0. The maximum Gasteiger partial charge on any atom is 0.248 e. The number of anilines is 1. The van der Waals surface area contributed by atoms with Gasteiger partial charge in [-0.25, -0.2) is 0 Å². The number of aromatic amines is 1. The number of aromatic nitrogens is 3. The molecule has 7 nitrogen and oxygen atoms in total. The second kappa shape index (κ2) is 6.35. The van der Waals surface area contributed by atoms with Gasteiger partial charge >= 0.3 is 0 Å². The average Bonchev–Trinajstić information content (AvgIpc) is 3.20. The number of rotatable bonds is 5. The number of aryl methyl sites for hydroxylation is 2. The van der Waals surface area contributed by atoms with Crippen molar-refractivity contribution in [2.45, 2.75) is 25.7 Å². The first-order chi connectivity index (χ1) is 12.2. The number of H-pyrrole nitrogens is 1. The van der Waals surface area contributed by atoms with Gasteiger partial charge in [-0.05, 0) is 36.1 Å². The molecule has 0 atom stereocenters. The third kappa shape index (κ3) is 3.35. The van der Waals surface area contributed by atoms with Crippen LogP contribution in [0.25, 0.3) is 11.4 Å². The number of nitrogens with zero attached hydrogens (tertiary/aromatic N) is 2. The molecule has 4 rings (SSSR count). The predicted molar refractivity (Wildman–Crippen MR) is 91.2 cm³/mol. The molecule has 2 aromatic heterocycles. The van der Waals surface area contributed by atoms with Gasteiger partial charge in [0.2, 0.25) is 23.2 Å². The SMILES string of the molecule is O=C1Cc2cc(CCCc3nc(-c4cc[nH]c(=O)c4)no3)ccc2N1. The Morgan fingerprint density at radius 3 is 2.92 bits per heavy atom. The van der Waals surface area contributed by atoms with E-state index >= 15 is 0 Å². The Bertz CT molecular complexity index is 990. The maximum atomic E-state index is 11.4. The Labute approximate surface area is 143 Å². The van der Waals surface area contributed by atoms with Gasteiger partial charge < -0.3 is 14.8 Å². The van der Waals surface area contributed by atoms with Crippen molar-refractivity contribution < 1.29 is 9.32 Å². The van der Waals surface area contributed by atoms with E-state index in [4.69, 9.17) is 4.52 Å². The van der Waals surface area contributed by atoms with Gasteiger partial charge in [0.25, 0.3) is 0 Å². The summed E-state index contributed by atoms with van der Waals surface area (Å²) in [5.41, 5.74) is 3.58. The number of nitrogens with one attached hydrogen (secondary N) is 2. The first-order valence-corrected chi connectivity index (χ1v) is 8.11. The summed E-state index contributed by atoms with van der Waals surface area (Å²) < 4.78 is 5.26. The van der Waals surface area contributed by atoms with Crippen LogP contribution in [0, 0.1) is 0 Å². The molecule has 7 heteroatoms. The highest BCUT2D eigenvalue weighted by molar-refractivity contribution is 5.99.